The highest BCUT2D eigenvalue weighted by Crippen LogP contribution is 2.20. The van der Waals surface area contributed by atoms with Crippen molar-refractivity contribution in [2.75, 3.05) is 13.1 Å². The molecule has 94 valence electrons. The number of amides is 1. The highest BCUT2D eigenvalue weighted by Gasteiger charge is 2.27. The van der Waals surface area contributed by atoms with E-state index in [4.69, 9.17) is 17.3 Å². The number of hydrogen-bond donors (Lipinski definition) is 1. The molecule has 1 saturated heterocycles. The van der Waals surface area contributed by atoms with E-state index in [1.54, 1.807) is 24.3 Å². The zero-order chi connectivity index (χ0) is 11.5. The van der Waals surface area contributed by atoms with Gasteiger partial charge in [-0.05, 0) is 37.1 Å². The smallest absolute Gasteiger partial charge is 0.254 e. The average molecular weight is 275 g/mol. The molecule has 1 unspecified atom stereocenters. The fourth-order valence-corrected chi connectivity index (χ4v) is 2.23. The van der Waals surface area contributed by atoms with Gasteiger partial charge < -0.3 is 10.6 Å². The van der Waals surface area contributed by atoms with Crippen molar-refractivity contribution in [1.82, 2.24) is 4.90 Å². The monoisotopic (exact) mass is 274 g/mol. The Bertz CT molecular complexity index is 381. The summed E-state index contributed by atoms with van der Waals surface area (Å²) < 4.78 is 0. The minimum Gasteiger partial charge on any atom is -0.334 e. The molecule has 1 aliphatic heterocycles. The van der Waals surface area contributed by atoms with Crippen molar-refractivity contribution in [3.63, 3.8) is 0 Å². The molecule has 1 aliphatic rings. The van der Waals surface area contributed by atoms with E-state index in [1.807, 2.05) is 4.90 Å². The predicted molar refractivity (Wildman–Crippen MR) is 71.8 cm³/mol. The molecule has 2 rings (SSSR count). The Labute approximate surface area is 112 Å². The molecule has 1 aromatic rings. The van der Waals surface area contributed by atoms with Crippen LogP contribution in [0.25, 0.3) is 0 Å². The van der Waals surface area contributed by atoms with Crippen LogP contribution in [0, 0.1) is 0 Å². The lowest BCUT2D eigenvalue weighted by molar-refractivity contribution is 0.0741. The van der Waals surface area contributed by atoms with E-state index in [9.17, 15) is 4.79 Å². The van der Waals surface area contributed by atoms with Crippen LogP contribution in [-0.4, -0.2) is 29.9 Å². The number of carbonyl (C=O) groups is 1. The summed E-state index contributed by atoms with van der Waals surface area (Å²) >= 11 is 5.79. The van der Waals surface area contributed by atoms with Gasteiger partial charge in [-0.3, -0.25) is 4.79 Å². The molecule has 17 heavy (non-hydrogen) atoms. The number of nitrogens with zero attached hydrogens (tertiary/aromatic N) is 1. The molecule has 1 atom stereocenters. The number of halogens is 2. The van der Waals surface area contributed by atoms with E-state index in [-0.39, 0.29) is 24.4 Å². The molecule has 3 nitrogen and oxygen atoms in total. The van der Waals surface area contributed by atoms with Crippen LogP contribution in [0.3, 0.4) is 0 Å². The molecule has 0 aromatic heterocycles. The summed E-state index contributed by atoms with van der Waals surface area (Å²) in [4.78, 5) is 14.0. The third-order valence-electron chi connectivity index (χ3n) is 3.00. The fraction of sp³-hybridized carbons (Fsp3) is 0.417. The third-order valence-corrected chi connectivity index (χ3v) is 3.25. The molecule has 0 bridgehead atoms. The van der Waals surface area contributed by atoms with Gasteiger partial charge in [-0.25, -0.2) is 0 Å². The average Bonchev–Trinajstić information content (AvgIpc) is 2.77. The topological polar surface area (TPSA) is 46.3 Å². The summed E-state index contributed by atoms with van der Waals surface area (Å²) in [5.41, 5.74) is 6.33. The van der Waals surface area contributed by atoms with Gasteiger partial charge in [0.2, 0.25) is 0 Å². The summed E-state index contributed by atoms with van der Waals surface area (Å²) in [5, 5.41) is 0.647. The van der Waals surface area contributed by atoms with Crippen LogP contribution in [0.15, 0.2) is 24.3 Å². The van der Waals surface area contributed by atoms with Crippen molar-refractivity contribution in [3.05, 3.63) is 34.9 Å². The Hall–Kier alpha value is -0.770. The lowest BCUT2D eigenvalue weighted by atomic mass is 10.1. The van der Waals surface area contributed by atoms with Crippen LogP contribution in [0.1, 0.15) is 23.2 Å². The van der Waals surface area contributed by atoms with Crippen molar-refractivity contribution in [2.24, 2.45) is 5.73 Å². The second-order valence-corrected chi connectivity index (χ2v) is 4.47. The number of likely N-dealkylation sites (tertiary alicyclic amines) is 1. The Kier molecular flexibility index (Phi) is 5.25. The summed E-state index contributed by atoms with van der Waals surface area (Å²) in [5.74, 6) is 0.0598. The molecule has 0 radical (unpaired) electrons. The maximum atomic E-state index is 12.2. The normalized spacial score (nSPS) is 18.9. The first-order valence-corrected chi connectivity index (χ1v) is 5.87. The highest BCUT2D eigenvalue weighted by atomic mass is 35.5. The SMILES string of the molecule is Cl.NCC1CCCN1C(=O)c1ccc(Cl)cc1. The number of rotatable bonds is 2. The van der Waals surface area contributed by atoms with Gasteiger partial charge in [0, 0.05) is 29.7 Å². The zero-order valence-electron chi connectivity index (χ0n) is 9.43. The molecule has 1 amide bonds. The first-order valence-electron chi connectivity index (χ1n) is 5.49. The van der Waals surface area contributed by atoms with Gasteiger partial charge >= 0.3 is 0 Å². The molecule has 1 heterocycles. The molecule has 2 N–H and O–H groups in total. The Balaban J connectivity index is 0.00000144. The third kappa shape index (κ3) is 3.12. The molecular formula is C12H16Cl2N2O. The molecule has 0 saturated carbocycles. The van der Waals surface area contributed by atoms with Crippen molar-refractivity contribution in [2.45, 2.75) is 18.9 Å². The second kappa shape index (κ2) is 6.24. The maximum Gasteiger partial charge on any atom is 0.254 e. The van der Waals surface area contributed by atoms with Crippen LogP contribution in [-0.2, 0) is 0 Å². The molecular weight excluding hydrogens is 259 g/mol. The molecule has 0 spiro atoms. The van der Waals surface area contributed by atoms with E-state index in [1.165, 1.54) is 0 Å². The van der Waals surface area contributed by atoms with Gasteiger partial charge in [0.05, 0.1) is 0 Å². The highest BCUT2D eigenvalue weighted by molar-refractivity contribution is 6.30. The van der Waals surface area contributed by atoms with Crippen molar-refractivity contribution >= 4 is 29.9 Å². The van der Waals surface area contributed by atoms with E-state index in [0.29, 0.717) is 17.1 Å². The first-order chi connectivity index (χ1) is 7.72. The molecule has 5 heteroatoms. The largest absolute Gasteiger partial charge is 0.334 e. The minimum atomic E-state index is 0. The van der Waals surface area contributed by atoms with Crippen molar-refractivity contribution in [3.8, 4) is 0 Å². The predicted octanol–water partition coefficient (Wildman–Crippen LogP) is 2.33. The van der Waals surface area contributed by atoms with Crippen molar-refractivity contribution < 1.29 is 4.79 Å². The van der Waals surface area contributed by atoms with Crippen LogP contribution >= 0.6 is 24.0 Å². The zero-order valence-corrected chi connectivity index (χ0v) is 11.0. The van der Waals surface area contributed by atoms with Gasteiger partial charge in [0.15, 0.2) is 0 Å². The second-order valence-electron chi connectivity index (χ2n) is 4.04. The molecule has 0 aliphatic carbocycles. The van der Waals surface area contributed by atoms with E-state index in [0.717, 1.165) is 19.4 Å². The van der Waals surface area contributed by atoms with E-state index >= 15 is 0 Å². The summed E-state index contributed by atoms with van der Waals surface area (Å²) in [6.45, 7) is 1.35. The maximum absolute atomic E-state index is 12.2. The van der Waals surface area contributed by atoms with Crippen LogP contribution in [0.4, 0.5) is 0 Å². The first kappa shape index (κ1) is 14.3. The number of benzene rings is 1. The van der Waals surface area contributed by atoms with Gasteiger partial charge in [-0.1, -0.05) is 11.6 Å². The Morgan fingerprint density at radius 2 is 2.06 bits per heavy atom. The number of hydrogen-bond acceptors (Lipinski definition) is 2. The summed E-state index contributed by atoms with van der Waals surface area (Å²) in [6, 6.07) is 7.20. The van der Waals surface area contributed by atoms with E-state index in [2.05, 4.69) is 0 Å². The standard InChI is InChI=1S/C12H15ClN2O.ClH/c13-10-5-3-9(4-6-10)12(16)15-7-1-2-11(15)8-14;/h3-6,11H,1-2,7-8,14H2;1H. The lowest BCUT2D eigenvalue weighted by Gasteiger charge is -2.23. The summed E-state index contributed by atoms with van der Waals surface area (Å²) in [7, 11) is 0. The minimum absolute atomic E-state index is 0. The van der Waals surface area contributed by atoms with Crippen LogP contribution < -0.4 is 5.73 Å². The van der Waals surface area contributed by atoms with Gasteiger partial charge in [-0.2, -0.15) is 0 Å². The quantitative estimate of drug-likeness (QED) is 0.900. The Morgan fingerprint density at radius 3 is 2.65 bits per heavy atom. The summed E-state index contributed by atoms with van der Waals surface area (Å²) in [6.07, 6.45) is 2.05. The number of carbonyl (C=O) groups excluding carboxylic acids is 1. The van der Waals surface area contributed by atoms with Gasteiger partial charge in [0.1, 0.15) is 0 Å². The lowest BCUT2D eigenvalue weighted by Crippen LogP contribution is -2.39. The van der Waals surface area contributed by atoms with E-state index < -0.39 is 0 Å². The fourth-order valence-electron chi connectivity index (χ4n) is 2.11. The molecule has 1 fully saturated rings. The van der Waals surface area contributed by atoms with Crippen LogP contribution in [0.2, 0.25) is 5.02 Å². The van der Waals surface area contributed by atoms with Crippen LogP contribution in [0.5, 0.6) is 0 Å². The Morgan fingerprint density at radius 1 is 1.41 bits per heavy atom. The molecule has 1 aromatic carbocycles. The number of nitrogens with two attached hydrogens (primary N) is 1. The van der Waals surface area contributed by atoms with Crippen molar-refractivity contribution in [1.29, 1.82) is 0 Å². The van der Waals surface area contributed by atoms with Gasteiger partial charge in [0.25, 0.3) is 5.91 Å². The van der Waals surface area contributed by atoms with Gasteiger partial charge in [-0.15, -0.1) is 12.4 Å².